The van der Waals surface area contributed by atoms with Crippen LogP contribution in [0.3, 0.4) is 0 Å². The van der Waals surface area contributed by atoms with Crippen molar-refractivity contribution in [3.8, 4) is 0 Å². The van der Waals surface area contributed by atoms with E-state index in [9.17, 15) is 4.79 Å². The van der Waals surface area contributed by atoms with E-state index >= 15 is 0 Å². The Labute approximate surface area is 46.9 Å². The van der Waals surface area contributed by atoms with Crippen molar-refractivity contribution in [2.24, 2.45) is 0 Å². The van der Waals surface area contributed by atoms with Crippen molar-refractivity contribution in [3.63, 3.8) is 0 Å². The molecule has 0 aliphatic heterocycles. The summed E-state index contributed by atoms with van der Waals surface area (Å²) in [5.41, 5.74) is 0. The fourth-order valence-electron chi connectivity index (χ4n) is 0.119. The van der Waals surface area contributed by atoms with Crippen molar-refractivity contribution in [3.05, 3.63) is 0 Å². The third kappa shape index (κ3) is 3.61. The maximum atomic E-state index is 9.99. The van der Waals surface area contributed by atoms with Crippen molar-refractivity contribution < 1.29 is 14.6 Å². The van der Waals surface area contributed by atoms with Crippen LogP contribution in [-0.2, 0) is 14.6 Å². The Morgan fingerprint density at radius 1 is 1.86 bits per heavy atom. The molecule has 0 rings (SSSR count). The molecule has 0 spiro atoms. The van der Waals surface area contributed by atoms with E-state index < -0.39 is 5.97 Å². The van der Waals surface area contributed by atoms with Gasteiger partial charge in [-0.1, -0.05) is 0 Å². The molecule has 0 amide bonds. The number of hydrogen-bond donors (Lipinski definition) is 1. The molecule has 0 atom stereocenters. The Bertz CT molecular complexity index is 63.2. The number of carbonyl (C=O) groups excluding carboxylic acids is 1. The van der Waals surface area contributed by atoms with Crippen molar-refractivity contribution in [1.29, 1.82) is 0 Å². The molecule has 42 valence electrons. The predicted molar refractivity (Wildman–Crippen MR) is 27.0 cm³/mol. The van der Waals surface area contributed by atoms with E-state index in [1.54, 1.807) is 0 Å². The van der Waals surface area contributed by atoms with Gasteiger partial charge >= 0.3 is 5.97 Å². The molecular formula is C3H6O3S. The van der Waals surface area contributed by atoms with Gasteiger partial charge in [-0.15, -0.1) is 0 Å². The summed E-state index contributed by atoms with van der Waals surface area (Å²) < 4.78 is 0. The molecule has 0 aromatic rings. The number of thiol groups is 1. The van der Waals surface area contributed by atoms with Crippen LogP contribution >= 0.6 is 12.6 Å². The van der Waals surface area contributed by atoms with Gasteiger partial charge in [0.1, 0.15) is 0 Å². The second kappa shape index (κ2) is 3.95. The fraction of sp³-hybridized carbons (Fsp3) is 0.667. The van der Waals surface area contributed by atoms with Gasteiger partial charge in [0.15, 0.2) is 0 Å². The molecule has 3 nitrogen and oxygen atoms in total. The van der Waals surface area contributed by atoms with Crippen LogP contribution in [0.4, 0.5) is 0 Å². The highest BCUT2D eigenvalue weighted by molar-refractivity contribution is 7.81. The number of hydrogen-bond acceptors (Lipinski definition) is 4. The zero-order valence-electron chi connectivity index (χ0n) is 3.88. The molecule has 0 saturated carbocycles. The molecule has 0 radical (unpaired) electrons. The predicted octanol–water partition coefficient (Wildman–Crippen LogP) is 0.0208. The molecule has 0 N–H and O–H groups in total. The van der Waals surface area contributed by atoms with Gasteiger partial charge in [0.25, 0.3) is 0 Å². The zero-order valence-corrected chi connectivity index (χ0v) is 4.77. The summed E-state index contributed by atoms with van der Waals surface area (Å²) in [6.07, 6.45) is 0. The van der Waals surface area contributed by atoms with Crippen molar-refractivity contribution >= 4 is 18.6 Å². The van der Waals surface area contributed by atoms with Crippen LogP contribution in [0.1, 0.15) is 0 Å². The van der Waals surface area contributed by atoms with Gasteiger partial charge in [-0.2, -0.15) is 17.5 Å². The minimum Gasteiger partial charge on any atom is -0.298 e. The topological polar surface area (TPSA) is 35.5 Å². The van der Waals surface area contributed by atoms with Crippen LogP contribution in [0.25, 0.3) is 0 Å². The summed E-state index contributed by atoms with van der Waals surface area (Å²) in [6, 6.07) is 0. The molecule has 7 heavy (non-hydrogen) atoms. The second-order valence-corrected chi connectivity index (χ2v) is 1.10. The van der Waals surface area contributed by atoms with Gasteiger partial charge in [-0.05, 0) is 0 Å². The van der Waals surface area contributed by atoms with Crippen LogP contribution in [0.5, 0.6) is 0 Å². The van der Waals surface area contributed by atoms with E-state index in [-0.39, 0.29) is 5.75 Å². The molecule has 0 bridgehead atoms. The first kappa shape index (κ1) is 6.78. The summed E-state index contributed by atoms with van der Waals surface area (Å²) in [4.78, 5) is 18.0. The standard InChI is InChI=1S/C3H6O3S/c1-5-6-3(4)2-7/h7H,2H2,1H3. The van der Waals surface area contributed by atoms with Gasteiger partial charge in [-0.25, -0.2) is 4.79 Å². The minimum atomic E-state index is -0.481. The van der Waals surface area contributed by atoms with Gasteiger partial charge in [-0.3, -0.25) is 4.89 Å². The highest BCUT2D eigenvalue weighted by Gasteiger charge is 1.94. The largest absolute Gasteiger partial charge is 0.351 e. The van der Waals surface area contributed by atoms with Crippen LogP contribution in [0, 0.1) is 0 Å². The highest BCUT2D eigenvalue weighted by Crippen LogP contribution is 1.79. The summed E-state index contributed by atoms with van der Waals surface area (Å²) in [5.74, 6) is -0.431. The Balaban J connectivity index is 3.00. The van der Waals surface area contributed by atoms with Crippen LogP contribution in [-0.4, -0.2) is 18.8 Å². The molecular weight excluding hydrogens is 116 g/mol. The Morgan fingerprint density at radius 3 is 2.57 bits per heavy atom. The van der Waals surface area contributed by atoms with Crippen molar-refractivity contribution in [1.82, 2.24) is 0 Å². The smallest absolute Gasteiger partial charge is 0.298 e. The van der Waals surface area contributed by atoms with E-state index in [0.717, 1.165) is 0 Å². The monoisotopic (exact) mass is 122 g/mol. The van der Waals surface area contributed by atoms with Crippen molar-refractivity contribution in [2.45, 2.75) is 0 Å². The lowest BCUT2D eigenvalue weighted by molar-refractivity contribution is -0.251. The molecule has 0 saturated heterocycles. The molecule has 0 heterocycles. The molecule has 0 aromatic heterocycles. The fourth-order valence-corrected chi connectivity index (χ4v) is 0.172. The second-order valence-electron chi connectivity index (χ2n) is 0.780. The molecule has 0 aliphatic carbocycles. The summed E-state index contributed by atoms with van der Waals surface area (Å²) in [6.45, 7) is 0. The average Bonchev–Trinajstić information content (AvgIpc) is 1.68. The van der Waals surface area contributed by atoms with E-state index in [2.05, 4.69) is 22.4 Å². The molecule has 0 unspecified atom stereocenters. The van der Waals surface area contributed by atoms with Crippen LogP contribution in [0.15, 0.2) is 0 Å². The van der Waals surface area contributed by atoms with Gasteiger partial charge in [0.05, 0.1) is 12.9 Å². The lowest BCUT2D eigenvalue weighted by Crippen LogP contribution is -2.03. The van der Waals surface area contributed by atoms with Gasteiger partial charge in [0, 0.05) is 0 Å². The first-order valence-corrected chi connectivity index (χ1v) is 2.29. The Hall–Kier alpha value is -0.220. The third-order valence-corrected chi connectivity index (χ3v) is 0.564. The van der Waals surface area contributed by atoms with E-state index in [1.165, 1.54) is 7.11 Å². The third-order valence-electron chi connectivity index (χ3n) is 0.305. The molecule has 0 aliphatic rings. The maximum Gasteiger partial charge on any atom is 0.351 e. The summed E-state index contributed by atoms with van der Waals surface area (Å²) in [7, 11) is 1.27. The molecule has 0 fully saturated rings. The number of rotatable bonds is 2. The quantitative estimate of drug-likeness (QED) is 0.318. The SMILES string of the molecule is COOC(=O)CS. The first-order valence-electron chi connectivity index (χ1n) is 1.65. The molecule has 4 heteroatoms. The van der Waals surface area contributed by atoms with Crippen LogP contribution in [0.2, 0.25) is 0 Å². The first-order chi connectivity index (χ1) is 3.31. The normalized spacial score (nSPS) is 8.29. The van der Waals surface area contributed by atoms with E-state index in [1.807, 2.05) is 0 Å². The lowest BCUT2D eigenvalue weighted by atomic mass is 10.8. The highest BCUT2D eigenvalue weighted by atomic mass is 32.1. The maximum absolute atomic E-state index is 9.99. The van der Waals surface area contributed by atoms with Gasteiger partial charge in [0.2, 0.25) is 0 Å². The Kier molecular flexibility index (Phi) is 3.83. The average molecular weight is 122 g/mol. The zero-order chi connectivity index (χ0) is 5.70. The van der Waals surface area contributed by atoms with Crippen molar-refractivity contribution in [2.75, 3.05) is 12.9 Å². The minimum absolute atomic E-state index is 0.0494. The van der Waals surface area contributed by atoms with E-state index in [0.29, 0.717) is 0 Å². The lowest BCUT2D eigenvalue weighted by Gasteiger charge is -1.91. The summed E-state index contributed by atoms with van der Waals surface area (Å²) >= 11 is 3.59. The van der Waals surface area contributed by atoms with Crippen LogP contribution < -0.4 is 0 Å². The Morgan fingerprint density at radius 2 is 2.43 bits per heavy atom. The van der Waals surface area contributed by atoms with E-state index in [4.69, 9.17) is 0 Å². The van der Waals surface area contributed by atoms with Gasteiger partial charge < -0.3 is 0 Å². The molecule has 0 aromatic carbocycles. The summed E-state index contributed by atoms with van der Waals surface area (Å²) in [5, 5.41) is 0. The number of carbonyl (C=O) groups is 1.